The lowest BCUT2D eigenvalue weighted by Gasteiger charge is -2.57. The molecule has 0 unspecified atom stereocenters. The lowest BCUT2D eigenvalue weighted by atomic mass is 9.49. The van der Waals surface area contributed by atoms with Crippen molar-refractivity contribution in [3.8, 4) is 0 Å². The van der Waals surface area contributed by atoms with Gasteiger partial charge in [0.15, 0.2) is 8.32 Å². The Bertz CT molecular complexity index is 757. The summed E-state index contributed by atoms with van der Waals surface area (Å²) < 4.78 is 6.71. The van der Waals surface area contributed by atoms with Gasteiger partial charge < -0.3 is 4.43 Å². The zero-order valence-corrected chi connectivity index (χ0v) is 22.9. The van der Waals surface area contributed by atoms with E-state index < -0.39 is 8.32 Å². The highest BCUT2D eigenvalue weighted by Crippen LogP contribution is 2.63. The van der Waals surface area contributed by atoms with Crippen molar-refractivity contribution in [2.45, 2.75) is 105 Å². The fourth-order valence-corrected chi connectivity index (χ4v) is 8.29. The van der Waals surface area contributed by atoms with Gasteiger partial charge in [-0.3, -0.25) is 4.79 Å². The van der Waals surface area contributed by atoms with Crippen LogP contribution in [0.2, 0.25) is 18.1 Å². The lowest BCUT2D eigenvalue weighted by Crippen LogP contribution is -2.53. The highest BCUT2D eigenvalue weighted by atomic mass is 28.4. The number of ketones is 1. The minimum atomic E-state index is -1.88. The summed E-state index contributed by atoms with van der Waals surface area (Å²) in [6.07, 6.45) is 7.27. The molecule has 3 aliphatic rings. The summed E-state index contributed by atoms with van der Waals surface area (Å²) in [6.45, 7) is 20.1. The van der Waals surface area contributed by atoms with Crippen LogP contribution in [0.1, 0.15) is 86.5 Å². The van der Waals surface area contributed by atoms with E-state index in [4.69, 9.17) is 9.96 Å². The van der Waals surface area contributed by atoms with E-state index in [0.717, 1.165) is 12.3 Å². The van der Waals surface area contributed by atoms with E-state index in [1.807, 2.05) is 0 Å². The molecule has 3 aliphatic carbocycles. The normalized spacial score (nSPS) is 40.6. The van der Waals surface area contributed by atoms with Gasteiger partial charge in [0.1, 0.15) is 5.78 Å². The standard InChI is InChI=1S/C26H47N3O2Si/c1-18-9-10-22-21(16-28-29-27)23(12-14-25(18,22)5)26(6)13-11-20(30)15-19(26)17-31-32(7,8)24(2,3)4/h18-19,21-23H,9-17H2,1-8H3/t18-,19+,21-,22-,23-,25+,26-/m0/s1. The predicted molar refractivity (Wildman–Crippen MR) is 134 cm³/mol. The number of carbonyl (C=O) groups is 1. The topological polar surface area (TPSA) is 75.1 Å². The van der Waals surface area contributed by atoms with E-state index in [9.17, 15) is 4.79 Å². The molecule has 182 valence electrons. The van der Waals surface area contributed by atoms with E-state index in [1.165, 1.54) is 25.7 Å². The molecule has 0 aliphatic heterocycles. The Kier molecular flexibility index (Phi) is 7.31. The van der Waals surface area contributed by atoms with Gasteiger partial charge in [-0.15, -0.1) is 0 Å². The van der Waals surface area contributed by atoms with Gasteiger partial charge in [-0.25, -0.2) is 0 Å². The van der Waals surface area contributed by atoms with Crippen molar-refractivity contribution < 1.29 is 9.22 Å². The first-order valence-electron chi connectivity index (χ1n) is 12.9. The summed E-state index contributed by atoms with van der Waals surface area (Å²) in [4.78, 5) is 15.8. The number of Topliss-reactive ketones (excluding diaryl/α,β-unsaturated/α-hetero) is 1. The maximum absolute atomic E-state index is 12.6. The summed E-state index contributed by atoms with van der Waals surface area (Å²) >= 11 is 0. The van der Waals surface area contributed by atoms with Crippen LogP contribution < -0.4 is 0 Å². The molecule has 0 radical (unpaired) electrons. The number of hydrogen-bond acceptors (Lipinski definition) is 3. The molecule has 0 saturated heterocycles. The molecule has 0 aromatic rings. The molecule has 5 nitrogen and oxygen atoms in total. The number of nitrogens with zero attached hydrogens (tertiary/aromatic N) is 3. The van der Waals surface area contributed by atoms with Crippen LogP contribution in [-0.4, -0.2) is 27.3 Å². The third-order valence-corrected chi connectivity index (χ3v) is 15.4. The van der Waals surface area contributed by atoms with Crippen molar-refractivity contribution in [1.29, 1.82) is 0 Å². The van der Waals surface area contributed by atoms with Crippen LogP contribution in [0.3, 0.4) is 0 Å². The number of rotatable bonds is 6. The Morgan fingerprint density at radius 1 is 1.12 bits per heavy atom. The van der Waals surface area contributed by atoms with Crippen LogP contribution >= 0.6 is 0 Å². The summed E-state index contributed by atoms with van der Waals surface area (Å²) in [5, 5.41) is 4.30. The van der Waals surface area contributed by atoms with Gasteiger partial charge in [0.2, 0.25) is 0 Å². The maximum Gasteiger partial charge on any atom is 0.191 e. The van der Waals surface area contributed by atoms with E-state index >= 15 is 0 Å². The second kappa shape index (κ2) is 9.07. The van der Waals surface area contributed by atoms with E-state index in [-0.39, 0.29) is 16.4 Å². The number of carbonyl (C=O) groups excluding carboxylic acids is 1. The van der Waals surface area contributed by atoms with Gasteiger partial charge >= 0.3 is 0 Å². The van der Waals surface area contributed by atoms with Crippen LogP contribution in [-0.2, 0) is 9.22 Å². The minimum Gasteiger partial charge on any atom is -0.417 e. The lowest BCUT2D eigenvalue weighted by molar-refractivity contribution is -0.132. The summed E-state index contributed by atoms with van der Waals surface area (Å²) in [6, 6.07) is 0. The second-order valence-electron chi connectivity index (χ2n) is 13.3. The van der Waals surface area contributed by atoms with Gasteiger partial charge in [-0.1, -0.05) is 46.7 Å². The molecule has 0 amide bonds. The van der Waals surface area contributed by atoms with E-state index in [0.29, 0.717) is 54.9 Å². The average Bonchev–Trinajstić information content (AvgIpc) is 3.01. The first-order chi connectivity index (χ1) is 14.8. The van der Waals surface area contributed by atoms with Crippen LogP contribution in [0.4, 0.5) is 0 Å². The van der Waals surface area contributed by atoms with Crippen molar-refractivity contribution in [2.24, 2.45) is 45.5 Å². The zero-order chi connectivity index (χ0) is 23.9. The van der Waals surface area contributed by atoms with Crippen molar-refractivity contribution in [3.05, 3.63) is 10.4 Å². The van der Waals surface area contributed by atoms with Gasteiger partial charge in [0.25, 0.3) is 0 Å². The van der Waals surface area contributed by atoms with Crippen molar-refractivity contribution in [3.63, 3.8) is 0 Å². The predicted octanol–water partition coefficient (Wildman–Crippen LogP) is 7.77. The average molecular weight is 462 g/mol. The summed E-state index contributed by atoms with van der Waals surface area (Å²) in [7, 11) is -1.88. The Labute approximate surface area is 197 Å². The Morgan fingerprint density at radius 2 is 1.78 bits per heavy atom. The number of fused-ring (bicyclic) bond motifs is 1. The van der Waals surface area contributed by atoms with Gasteiger partial charge in [0.05, 0.1) is 0 Å². The first kappa shape index (κ1) is 25.8. The van der Waals surface area contributed by atoms with E-state index in [2.05, 4.69) is 64.7 Å². The Morgan fingerprint density at radius 3 is 2.41 bits per heavy atom. The van der Waals surface area contributed by atoms with Gasteiger partial charge in [0, 0.05) is 30.9 Å². The zero-order valence-electron chi connectivity index (χ0n) is 21.9. The highest BCUT2D eigenvalue weighted by Gasteiger charge is 2.57. The number of azide groups is 1. The quantitative estimate of drug-likeness (QED) is 0.175. The Hall–Kier alpha value is -0.843. The molecule has 0 bridgehead atoms. The molecule has 0 aromatic carbocycles. The molecule has 6 heteroatoms. The van der Waals surface area contributed by atoms with Crippen molar-refractivity contribution >= 4 is 14.1 Å². The van der Waals surface area contributed by atoms with Crippen molar-refractivity contribution in [2.75, 3.05) is 13.2 Å². The third-order valence-electron chi connectivity index (χ3n) is 10.9. The Balaban J connectivity index is 1.90. The SMILES string of the molecule is C[C@H]1CC[C@H]2[C@H](CN=[N+]=[N-])[C@@H]([C@@]3(C)CCC(=O)C[C@@H]3CO[Si](C)(C)C(C)(C)C)CC[C@]12C. The molecule has 7 atom stereocenters. The molecule has 3 saturated carbocycles. The molecule has 32 heavy (non-hydrogen) atoms. The van der Waals surface area contributed by atoms with E-state index in [1.54, 1.807) is 0 Å². The van der Waals surface area contributed by atoms with Crippen LogP contribution in [0.25, 0.3) is 10.4 Å². The highest BCUT2D eigenvalue weighted by molar-refractivity contribution is 6.74. The van der Waals surface area contributed by atoms with Gasteiger partial charge in [-0.05, 0) is 96.2 Å². The largest absolute Gasteiger partial charge is 0.417 e. The minimum absolute atomic E-state index is 0.0685. The summed E-state index contributed by atoms with van der Waals surface area (Å²) in [5.41, 5.74) is 9.58. The molecule has 0 heterocycles. The smallest absolute Gasteiger partial charge is 0.191 e. The molecule has 0 N–H and O–H groups in total. The molecular formula is C26H47N3O2Si. The van der Waals surface area contributed by atoms with Crippen LogP contribution in [0.5, 0.6) is 0 Å². The summed E-state index contributed by atoms with van der Waals surface area (Å²) in [5.74, 6) is 2.94. The van der Waals surface area contributed by atoms with Crippen LogP contribution in [0.15, 0.2) is 5.11 Å². The molecule has 3 rings (SSSR count). The van der Waals surface area contributed by atoms with Crippen LogP contribution in [0, 0.1) is 40.4 Å². The maximum atomic E-state index is 12.6. The van der Waals surface area contributed by atoms with Crippen molar-refractivity contribution in [1.82, 2.24) is 0 Å². The second-order valence-corrected chi connectivity index (χ2v) is 18.1. The fraction of sp³-hybridized carbons (Fsp3) is 0.962. The number of hydrogen-bond donors (Lipinski definition) is 0. The monoisotopic (exact) mass is 461 g/mol. The molecular weight excluding hydrogens is 414 g/mol. The molecule has 0 spiro atoms. The molecule has 3 fully saturated rings. The fourth-order valence-electron chi connectivity index (χ4n) is 7.24. The molecule has 0 aromatic heterocycles. The first-order valence-corrected chi connectivity index (χ1v) is 15.8. The van der Waals surface area contributed by atoms with Gasteiger partial charge in [-0.2, -0.15) is 0 Å². The third kappa shape index (κ3) is 4.57.